The number of carbonyl (C=O) groups excluding carboxylic acids is 1. The second kappa shape index (κ2) is 6.68. The summed E-state index contributed by atoms with van der Waals surface area (Å²) >= 11 is 0. The lowest BCUT2D eigenvalue weighted by atomic mass is 10.2. The van der Waals surface area contributed by atoms with Gasteiger partial charge in [0, 0.05) is 18.8 Å². The van der Waals surface area contributed by atoms with Gasteiger partial charge in [0.1, 0.15) is 11.3 Å². The first-order valence-corrected chi connectivity index (χ1v) is 8.61. The van der Waals surface area contributed by atoms with Gasteiger partial charge in [0.15, 0.2) is 5.82 Å². The van der Waals surface area contributed by atoms with Crippen LogP contribution in [0, 0.1) is 13.8 Å². The van der Waals surface area contributed by atoms with E-state index >= 15 is 0 Å². The maximum Gasteiger partial charge on any atom is 0.272 e. The molecule has 0 fully saturated rings. The third-order valence-electron chi connectivity index (χ3n) is 4.36. The van der Waals surface area contributed by atoms with E-state index in [0.29, 0.717) is 23.1 Å². The van der Waals surface area contributed by atoms with Crippen LogP contribution in [0.15, 0.2) is 53.2 Å². The van der Waals surface area contributed by atoms with Crippen molar-refractivity contribution in [1.82, 2.24) is 24.4 Å². The Kier molecular flexibility index (Phi) is 4.19. The van der Waals surface area contributed by atoms with Gasteiger partial charge >= 0.3 is 0 Å². The number of nitrogens with zero attached hydrogens (tertiary/aromatic N) is 5. The van der Waals surface area contributed by atoms with E-state index in [4.69, 9.17) is 4.52 Å². The van der Waals surface area contributed by atoms with Crippen molar-refractivity contribution in [3.63, 3.8) is 0 Å². The second-order valence-corrected chi connectivity index (χ2v) is 6.52. The minimum Gasteiger partial charge on any atom is -0.334 e. The molecule has 3 aromatic heterocycles. The van der Waals surface area contributed by atoms with Crippen LogP contribution in [-0.2, 0) is 6.54 Å². The Morgan fingerprint density at radius 2 is 1.89 bits per heavy atom. The lowest BCUT2D eigenvalue weighted by Gasteiger charge is -2.15. The van der Waals surface area contributed by atoms with E-state index in [2.05, 4.69) is 15.1 Å². The number of benzene rings is 1. The quantitative estimate of drug-likeness (QED) is 0.557. The Morgan fingerprint density at radius 3 is 2.67 bits per heavy atom. The monoisotopic (exact) mass is 361 g/mol. The standard InChI is InChI=1S/C20H19N5O2/c1-13-9-10-17-21-14(2)18(25(17)11-13)20(26)24(3)12-16-22-19(27-23-16)15-7-5-4-6-8-15/h4-11H,12H2,1-3H3. The number of fused-ring (bicyclic) bond motifs is 1. The molecule has 1 amide bonds. The van der Waals surface area contributed by atoms with Crippen LogP contribution in [0.4, 0.5) is 0 Å². The van der Waals surface area contributed by atoms with E-state index < -0.39 is 0 Å². The molecular formula is C20H19N5O2. The molecule has 0 spiro atoms. The van der Waals surface area contributed by atoms with Crippen molar-refractivity contribution in [1.29, 1.82) is 0 Å². The van der Waals surface area contributed by atoms with Gasteiger partial charge in [-0.05, 0) is 37.6 Å². The second-order valence-electron chi connectivity index (χ2n) is 6.52. The summed E-state index contributed by atoms with van der Waals surface area (Å²) in [6.07, 6.45) is 1.91. The summed E-state index contributed by atoms with van der Waals surface area (Å²) < 4.78 is 7.14. The predicted octanol–water partition coefficient (Wildman–Crippen LogP) is 3.27. The number of amides is 1. The Bertz CT molecular complexity index is 1110. The van der Waals surface area contributed by atoms with Crippen molar-refractivity contribution >= 4 is 11.6 Å². The number of hydrogen-bond donors (Lipinski definition) is 0. The average Bonchev–Trinajstić information content (AvgIpc) is 3.25. The van der Waals surface area contributed by atoms with E-state index in [0.717, 1.165) is 16.8 Å². The first-order valence-electron chi connectivity index (χ1n) is 8.61. The van der Waals surface area contributed by atoms with Crippen molar-refractivity contribution < 1.29 is 9.32 Å². The number of aryl methyl sites for hydroxylation is 2. The summed E-state index contributed by atoms with van der Waals surface area (Å²) in [6.45, 7) is 4.07. The van der Waals surface area contributed by atoms with Crippen molar-refractivity contribution in [3.05, 3.63) is 71.4 Å². The van der Waals surface area contributed by atoms with Gasteiger partial charge in [-0.2, -0.15) is 4.98 Å². The molecule has 0 N–H and O–H groups in total. The first kappa shape index (κ1) is 17.0. The molecule has 0 saturated heterocycles. The highest BCUT2D eigenvalue weighted by Crippen LogP contribution is 2.18. The third-order valence-corrected chi connectivity index (χ3v) is 4.36. The molecule has 4 aromatic rings. The fourth-order valence-electron chi connectivity index (χ4n) is 3.01. The largest absolute Gasteiger partial charge is 0.334 e. The van der Waals surface area contributed by atoms with Gasteiger partial charge in [-0.3, -0.25) is 9.20 Å². The zero-order valence-corrected chi connectivity index (χ0v) is 15.4. The van der Waals surface area contributed by atoms with Gasteiger partial charge < -0.3 is 9.42 Å². The number of carbonyl (C=O) groups is 1. The smallest absolute Gasteiger partial charge is 0.272 e. The van der Waals surface area contributed by atoms with Crippen molar-refractivity contribution in [3.8, 4) is 11.5 Å². The van der Waals surface area contributed by atoms with Gasteiger partial charge in [-0.1, -0.05) is 29.4 Å². The van der Waals surface area contributed by atoms with Crippen molar-refractivity contribution in [2.24, 2.45) is 0 Å². The maximum atomic E-state index is 13.0. The SMILES string of the molecule is Cc1ccc2nc(C)c(C(=O)N(C)Cc3noc(-c4ccccc4)n3)n2c1. The molecule has 7 heteroatoms. The zero-order chi connectivity index (χ0) is 19.0. The van der Waals surface area contributed by atoms with Crippen LogP contribution in [-0.4, -0.2) is 37.4 Å². The highest BCUT2D eigenvalue weighted by Gasteiger charge is 2.22. The van der Waals surface area contributed by atoms with Crippen LogP contribution in [0.1, 0.15) is 27.6 Å². The Balaban J connectivity index is 1.58. The van der Waals surface area contributed by atoms with Crippen LogP contribution < -0.4 is 0 Å². The number of imidazole rings is 1. The molecule has 1 aromatic carbocycles. The molecule has 0 radical (unpaired) electrons. The number of hydrogen-bond acceptors (Lipinski definition) is 5. The fourth-order valence-corrected chi connectivity index (χ4v) is 3.01. The molecule has 0 bridgehead atoms. The molecule has 27 heavy (non-hydrogen) atoms. The summed E-state index contributed by atoms with van der Waals surface area (Å²) in [4.78, 5) is 23.4. The van der Waals surface area contributed by atoms with Crippen LogP contribution in [0.5, 0.6) is 0 Å². The fraction of sp³-hybridized carbons (Fsp3) is 0.200. The molecule has 4 rings (SSSR count). The molecule has 0 unspecified atom stereocenters. The summed E-state index contributed by atoms with van der Waals surface area (Å²) in [5.41, 5.74) is 3.89. The van der Waals surface area contributed by atoms with Gasteiger partial charge in [0.05, 0.1) is 12.2 Å². The summed E-state index contributed by atoms with van der Waals surface area (Å²) in [7, 11) is 1.72. The zero-order valence-electron chi connectivity index (χ0n) is 15.4. The molecule has 0 aliphatic heterocycles. The molecule has 136 valence electrons. The molecule has 0 atom stereocenters. The van der Waals surface area contributed by atoms with E-state index in [-0.39, 0.29) is 12.5 Å². The molecular weight excluding hydrogens is 342 g/mol. The highest BCUT2D eigenvalue weighted by atomic mass is 16.5. The summed E-state index contributed by atoms with van der Waals surface area (Å²) in [5, 5.41) is 3.99. The van der Waals surface area contributed by atoms with Crippen LogP contribution in [0.25, 0.3) is 17.1 Å². The van der Waals surface area contributed by atoms with E-state index in [9.17, 15) is 4.79 Å². The van der Waals surface area contributed by atoms with Crippen molar-refractivity contribution in [2.75, 3.05) is 7.05 Å². The van der Waals surface area contributed by atoms with Crippen LogP contribution in [0.3, 0.4) is 0 Å². The van der Waals surface area contributed by atoms with E-state index in [1.807, 2.05) is 66.9 Å². The topological polar surface area (TPSA) is 76.5 Å². The predicted molar refractivity (Wildman–Crippen MR) is 100 cm³/mol. The van der Waals surface area contributed by atoms with Gasteiger partial charge in [0.2, 0.25) is 0 Å². The maximum absolute atomic E-state index is 13.0. The Labute approximate surface area is 156 Å². The van der Waals surface area contributed by atoms with Crippen LogP contribution in [0.2, 0.25) is 0 Å². The number of pyridine rings is 1. The number of rotatable bonds is 4. The summed E-state index contributed by atoms with van der Waals surface area (Å²) in [5.74, 6) is 0.747. The minimum atomic E-state index is -0.142. The summed E-state index contributed by atoms with van der Waals surface area (Å²) in [6, 6.07) is 13.4. The lowest BCUT2D eigenvalue weighted by molar-refractivity contribution is 0.0773. The minimum absolute atomic E-state index is 0.142. The molecule has 0 saturated carbocycles. The van der Waals surface area contributed by atoms with Gasteiger partial charge in [-0.15, -0.1) is 0 Å². The lowest BCUT2D eigenvalue weighted by Crippen LogP contribution is -2.28. The number of aromatic nitrogens is 4. The van der Waals surface area contributed by atoms with E-state index in [1.54, 1.807) is 11.9 Å². The van der Waals surface area contributed by atoms with Crippen LogP contribution >= 0.6 is 0 Å². The normalized spacial score (nSPS) is 11.1. The Morgan fingerprint density at radius 1 is 1.11 bits per heavy atom. The molecule has 7 nitrogen and oxygen atoms in total. The Hall–Kier alpha value is -3.48. The van der Waals surface area contributed by atoms with Crippen molar-refractivity contribution in [2.45, 2.75) is 20.4 Å². The third kappa shape index (κ3) is 3.19. The van der Waals surface area contributed by atoms with Gasteiger partial charge in [0.25, 0.3) is 11.8 Å². The first-order chi connectivity index (χ1) is 13.0. The molecule has 0 aliphatic carbocycles. The highest BCUT2D eigenvalue weighted by molar-refractivity contribution is 5.94. The molecule has 0 aliphatic rings. The van der Waals surface area contributed by atoms with Gasteiger partial charge in [-0.25, -0.2) is 4.98 Å². The van der Waals surface area contributed by atoms with E-state index in [1.165, 1.54) is 0 Å². The average molecular weight is 361 g/mol. The molecule has 3 heterocycles.